The van der Waals surface area contributed by atoms with E-state index in [1.165, 1.54) is 0 Å². The van der Waals surface area contributed by atoms with Gasteiger partial charge in [0.2, 0.25) is 0 Å². The Morgan fingerprint density at radius 1 is 0.933 bits per heavy atom. The molecule has 2 rings (SSSR count). The Morgan fingerprint density at radius 2 is 1.50 bits per heavy atom. The maximum atomic E-state index is 12.4. The second-order valence-corrected chi connectivity index (χ2v) is 7.60. The molecule has 2 aromatic carbocycles. The number of amides is 1. The molecule has 0 radical (unpaired) electrons. The summed E-state index contributed by atoms with van der Waals surface area (Å²) in [5.74, 6) is 0.824. The molecule has 0 saturated heterocycles. The smallest absolute Gasteiger partial charge is 0.439 e. The standard InChI is InChI=1S/C23H31N3O4/c1-6-8-17-28-21-15-11-19(12-16-21)25-24-18-9-13-20(14-10-18)26(29-7-2)22(27)30-23(3,4)5/h9-16H,6-8,17H2,1-5H3/b25-24+. The molecule has 0 aliphatic carbocycles. The first kappa shape index (κ1) is 23.3. The SMILES string of the molecule is CCCCOc1ccc(/N=N/c2ccc(N(OCC)C(=O)OC(C)(C)C)cc2)cc1. The largest absolute Gasteiger partial charge is 0.494 e. The third-order valence-corrected chi connectivity index (χ3v) is 3.79. The Kier molecular flexibility index (Phi) is 8.80. The molecule has 0 unspecified atom stereocenters. The minimum atomic E-state index is -0.614. The van der Waals surface area contributed by atoms with Crippen molar-refractivity contribution in [3.05, 3.63) is 48.5 Å². The van der Waals surface area contributed by atoms with Crippen LogP contribution in [0.3, 0.4) is 0 Å². The highest BCUT2D eigenvalue weighted by Crippen LogP contribution is 2.25. The lowest BCUT2D eigenvalue weighted by Crippen LogP contribution is -2.37. The van der Waals surface area contributed by atoms with Crippen molar-refractivity contribution in [2.75, 3.05) is 18.3 Å². The van der Waals surface area contributed by atoms with Crippen LogP contribution in [0.15, 0.2) is 58.8 Å². The summed E-state index contributed by atoms with van der Waals surface area (Å²) in [7, 11) is 0. The monoisotopic (exact) mass is 413 g/mol. The van der Waals surface area contributed by atoms with Crippen LogP contribution in [0.2, 0.25) is 0 Å². The fourth-order valence-electron chi connectivity index (χ4n) is 2.38. The summed E-state index contributed by atoms with van der Waals surface area (Å²) < 4.78 is 11.0. The first-order valence-corrected chi connectivity index (χ1v) is 10.2. The van der Waals surface area contributed by atoms with Gasteiger partial charge in [-0.1, -0.05) is 13.3 Å². The third kappa shape index (κ3) is 7.83. The molecule has 0 fully saturated rings. The summed E-state index contributed by atoms with van der Waals surface area (Å²) in [6.45, 7) is 10.4. The number of carbonyl (C=O) groups excluding carboxylic acids is 1. The van der Waals surface area contributed by atoms with Crippen LogP contribution >= 0.6 is 0 Å². The predicted molar refractivity (Wildman–Crippen MR) is 118 cm³/mol. The van der Waals surface area contributed by atoms with Crippen molar-refractivity contribution in [1.29, 1.82) is 0 Å². The Labute approximate surface area is 178 Å². The van der Waals surface area contributed by atoms with Gasteiger partial charge in [-0.15, -0.1) is 0 Å². The molecule has 7 nitrogen and oxygen atoms in total. The molecule has 0 spiro atoms. The summed E-state index contributed by atoms with van der Waals surface area (Å²) in [6.07, 6.45) is 1.57. The van der Waals surface area contributed by atoms with Gasteiger partial charge in [-0.05, 0) is 82.6 Å². The second-order valence-electron chi connectivity index (χ2n) is 7.60. The fraction of sp³-hybridized carbons (Fsp3) is 0.435. The molecular weight excluding hydrogens is 382 g/mol. The number of hydrogen-bond donors (Lipinski definition) is 0. The van der Waals surface area contributed by atoms with Gasteiger partial charge >= 0.3 is 6.09 Å². The minimum Gasteiger partial charge on any atom is -0.494 e. The second kappa shape index (κ2) is 11.3. The van der Waals surface area contributed by atoms with Crippen LogP contribution < -0.4 is 9.80 Å². The van der Waals surface area contributed by atoms with Crippen LogP contribution in [0.25, 0.3) is 0 Å². The van der Waals surface area contributed by atoms with E-state index < -0.39 is 11.7 Å². The summed E-state index contributed by atoms with van der Waals surface area (Å²) in [4.78, 5) is 17.8. The number of hydroxylamine groups is 1. The van der Waals surface area contributed by atoms with Crippen molar-refractivity contribution in [3.63, 3.8) is 0 Å². The molecular formula is C23H31N3O4. The highest BCUT2D eigenvalue weighted by atomic mass is 16.7. The Balaban J connectivity index is 2.02. The van der Waals surface area contributed by atoms with Crippen LogP contribution in [0.5, 0.6) is 5.75 Å². The topological polar surface area (TPSA) is 72.7 Å². The Morgan fingerprint density at radius 3 is 2.00 bits per heavy atom. The van der Waals surface area contributed by atoms with Crippen molar-refractivity contribution in [2.45, 2.75) is 53.1 Å². The lowest BCUT2D eigenvalue weighted by atomic mass is 10.2. The number of anilines is 1. The third-order valence-electron chi connectivity index (χ3n) is 3.79. The van der Waals surface area contributed by atoms with Crippen LogP contribution in [-0.2, 0) is 9.57 Å². The molecule has 2 aromatic rings. The number of carbonyl (C=O) groups is 1. The first-order chi connectivity index (χ1) is 14.3. The number of unbranched alkanes of at least 4 members (excludes halogenated alkanes) is 1. The maximum Gasteiger partial charge on any atom is 0.439 e. The zero-order valence-electron chi connectivity index (χ0n) is 18.4. The van der Waals surface area contributed by atoms with Crippen molar-refractivity contribution >= 4 is 23.2 Å². The molecule has 162 valence electrons. The molecule has 0 aromatic heterocycles. The van der Waals surface area contributed by atoms with Gasteiger partial charge in [0.1, 0.15) is 11.4 Å². The predicted octanol–water partition coefficient (Wildman–Crippen LogP) is 6.97. The summed E-state index contributed by atoms with van der Waals surface area (Å²) in [6, 6.07) is 14.5. The van der Waals surface area contributed by atoms with E-state index in [4.69, 9.17) is 14.3 Å². The summed E-state index contributed by atoms with van der Waals surface area (Å²) in [5.41, 5.74) is 1.32. The lowest BCUT2D eigenvalue weighted by molar-refractivity contribution is 0.0251. The quantitative estimate of drug-likeness (QED) is 0.253. The van der Waals surface area contributed by atoms with Gasteiger partial charge in [0.25, 0.3) is 0 Å². The summed E-state index contributed by atoms with van der Waals surface area (Å²) in [5, 5.41) is 9.62. The first-order valence-electron chi connectivity index (χ1n) is 10.2. The van der Waals surface area contributed by atoms with E-state index in [9.17, 15) is 4.79 Å². The van der Waals surface area contributed by atoms with Crippen molar-refractivity contribution < 1.29 is 19.1 Å². The van der Waals surface area contributed by atoms with E-state index in [1.807, 2.05) is 45.0 Å². The van der Waals surface area contributed by atoms with Crippen molar-refractivity contribution in [2.24, 2.45) is 10.2 Å². The zero-order chi connectivity index (χ0) is 22.0. The van der Waals surface area contributed by atoms with Gasteiger partial charge in [0, 0.05) is 0 Å². The van der Waals surface area contributed by atoms with Gasteiger partial charge in [-0.2, -0.15) is 15.3 Å². The number of azo groups is 1. The van der Waals surface area contributed by atoms with E-state index in [0.717, 1.165) is 29.3 Å². The van der Waals surface area contributed by atoms with E-state index in [1.54, 1.807) is 31.2 Å². The Hall–Kier alpha value is -2.93. The van der Waals surface area contributed by atoms with Gasteiger partial charge in [-0.3, -0.25) is 4.84 Å². The van der Waals surface area contributed by atoms with Crippen LogP contribution in [0.4, 0.5) is 21.9 Å². The fourth-order valence-corrected chi connectivity index (χ4v) is 2.38. The van der Waals surface area contributed by atoms with Crippen molar-refractivity contribution in [1.82, 2.24) is 0 Å². The average molecular weight is 414 g/mol. The summed E-state index contributed by atoms with van der Waals surface area (Å²) >= 11 is 0. The number of rotatable bonds is 9. The molecule has 0 saturated carbocycles. The van der Waals surface area contributed by atoms with Gasteiger partial charge in [0.15, 0.2) is 0 Å². The average Bonchev–Trinajstić information content (AvgIpc) is 2.71. The molecule has 1 amide bonds. The van der Waals surface area contributed by atoms with E-state index in [-0.39, 0.29) is 0 Å². The number of nitrogens with zero attached hydrogens (tertiary/aromatic N) is 3. The molecule has 0 heterocycles. The van der Waals surface area contributed by atoms with Gasteiger partial charge < -0.3 is 9.47 Å². The Bertz CT molecular complexity index is 812. The molecule has 30 heavy (non-hydrogen) atoms. The minimum absolute atomic E-state index is 0.332. The van der Waals surface area contributed by atoms with Crippen LogP contribution in [0, 0.1) is 0 Å². The van der Waals surface area contributed by atoms with E-state index in [2.05, 4.69) is 17.2 Å². The number of benzene rings is 2. The van der Waals surface area contributed by atoms with Crippen LogP contribution in [-0.4, -0.2) is 24.9 Å². The van der Waals surface area contributed by atoms with E-state index in [0.29, 0.717) is 24.6 Å². The van der Waals surface area contributed by atoms with Gasteiger partial charge in [-0.25, -0.2) is 4.79 Å². The molecule has 0 aliphatic heterocycles. The maximum absolute atomic E-state index is 12.4. The number of ether oxygens (including phenoxy) is 2. The van der Waals surface area contributed by atoms with Crippen molar-refractivity contribution in [3.8, 4) is 5.75 Å². The highest BCUT2D eigenvalue weighted by molar-refractivity contribution is 5.85. The molecule has 0 bridgehead atoms. The number of hydrogen-bond acceptors (Lipinski definition) is 6. The zero-order valence-corrected chi connectivity index (χ0v) is 18.4. The molecule has 0 N–H and O–H groups in total. The molecule has 0 aliphatic rings. The van der Waals surface area contributed by atoms with Crippen LogP contribution in [0.1, 0.15) is 47.5 Å². The lowest BCUT2D eigenvalue weighted by Gasteiger charge is -2.26. The molecule has 7 heteroatoms. The van der Waals surface area contributed by atoms with Gasteiger partial charge in [0.05, 0.1) is 30.3 Å². The normalized spacial score (nSPS) is 11.5. The van der Waals surface area contributed by atoms with E-state index >= 15 is 0 Å². The highest BCUT2D eigenvalue weighted by Gasteiger charge is 2.24. The molecule has 0 atom stereocenters.